The molecule has 3 nitrogen and oxygen atoms in total. The van der Waals surface area contributed by atoms with E-state index in [-0.39, 0.29) is 11.1 Å². The van der Waals surface area contributed by atoms with Gasteiger partial charge in [-0.2, -0.15) is 0 Å². The van der Waals surface area contributed by atoms with Crippen molar-refractivity contribution in [3.05, 3.63) is 57.3 Å². The first-order valence-electron chi connectivity index (χ1n) is 5.68. The zero-order valence-electron chi connectivity index (χ0n) is 10.5. The number of benzene rings is 1. The lowest BCUT2D eigenvalue weighted by Gasteiger charge is -2.11. The van der Waals surface area contributed by atoms with Crippen LogP contribution in [-0.2, 0) is 0 Å². The number of pyridine rings is 1. The van der Waals surface area contributed by atoms with Crippen molar-refractivity contribution >= 4 is 34.8 Å². The number of aromatic nitrogens is 1. The van der Waals surface area contributed by atoms with Crippen LogP contribution in [0, 0.1) is 13.8 Å². The Morgan fingerprint density at radius 1 is 1.16 bits per heavy atom. The van der Waals surface area contributed by atoms with Crippen LogP contribution in [-0.4, -0.2) is 10.9 Å². The number of carbonyl (C=O) groups is 1. The Morgan fingerprint density at radius 2 is 1.89 bits per heavy atom. The van der Waals surface area contributed by atoms with Gasteiger partial charge in [0.1, 0.15) is 0 Å². The third kappa shape index (κ3) is 2.88. The van der Waals surface area contributed by atoms with Gasteiger partial charge in [0, 0.05) is 6.20 Å². The van der Waals surface area contributed by atoms with Crippen LogP contribution in [0.1, 0.15) is 21.5 Å². The van der Waals surface area contributed by atoms with Crippen molar-refractivity contribution in [2.75, 3.05) is 5.32 Å². The first-order valence-corrected chi connectivity index (χ1v) is 6.44. The highest BCUT2D eigenvalue weighted by Gasteiger charge is 2.14. The predicted octanol–water partition coefficient (Wildman–Crippen LogP) is 4.26. The Kier molecular flexibility index (Phi) is 4.08. The van der Waals surface area contributed by atoms with E-state index in [0.29, 0.717) is 16.3 Å². The summed E-state index contributed by atoms with van der Waals surface area (Å²) in [5.74, 6) is -0.299. The summed E-state index contributed by atoms with van der Waals surface area (Å²) in [6.07, 6.45) is 1.59. The van der Waals surface area contributed by atoms with Gasteiger partial charge in [0.25, 0.3) is 5.91 Å². The fraction of sp³-hybridized carbons (Fsp3) is 0.143. The zero-order chi connectivity index (χ0) is 14.0. The summed E-state index contributed by atoms with van der Waals surface area (Å²) in [5.41, 5.74) is 2.62. The lowest BCUT2D eigenvalue weighted by Crippen LogP contribution is -2.14. The highest BCUT2D eigenvalue weighted by Crippen LogP contribution is 2.25. The van der Waals surface area contributed by atoms with Crippen LogP contribution in [0.25, 0.3) is 0 Å². The molecule has 0 saturated carbocycles. The van der Waals surface area contributed by atoms with Crippen LogP contribution in [0.3, 0.4) is 0 Å². The zero-order valence-corrected chi connectivity index (χ0v) is 12.0. The number of nitrogens with one attached hydrogen (secondary N) is 1. The lowest BCUT2D eigenvalue weighted by atomic mass is 10.1. The van der Waals surface area contributed by atoms with Crippen molar-refractivity contribution in [2.45, 2.75) is 13.8 Å². The van der Waals surface area contributed by atoms with Gasteiger partial charge < -0.3 is 5.32 Å². The van der Waals surface area contributed by atoms with E-state index in [1.54, 1.807) is 24.4 Å². The molecule has 1 amide bonds. The molecule has 19 heavy (non-hydrogen) atoms. The second-order valence-corrected chi connectivity index (χ2v) is 4.92. The number of rotatable bonds is 2. The molecular weight excluding hydrogens is 283 g/mol. The second-order valence-electron chi connectivity index (χ2n) is 4.18. The molecule has 0 aliphatic rings. The van der Waals surface area contributed by atoms with E-state index in [1.165, 1.54) is 0 Å². The lowest BCUT2D eigenvalue weighted by molar-refractivity contribution is 0.102. The first-order chi connectivity index (χ1) is 9.00. The van der Waals surface area contributed by atoms with Crippen molar-refractivity contribution in [3.8, 4) is 0 Å². The SMILES string of the molecule is Cc1cccc(C(=O)Nc2c(C)ccnc2Cl)c1Cl. The van der Waals surface area contributed by atoms with Gasteiger partial charge in [-0.3, -0.25) is 4.79 Å². The van der Waals surface area contributed by atoms with Crippen molar-refractivity contribution < 1.29 is 4.79 Å². The van der Waals surface area contributed by atoms with Gasteiger partial charge >= 0.3 is 0 Å². The van der Waals surface area contributed by atoms with Crippen LogP contribution in [0.2, 0.25) is 10.2 Å². The van der Waals surface area contributed by atoms with E-state index in [1.807, 2.05) is 19.9 Å². The average molecular weight is 295 g/mol. The van der Waals surface area contributed by atoms with Crippen molar-refractivity contribution in [2.24, 2.45) is 0 Å². The topological polar surface area (TPSA) is 42.0 Å². The summed E-state index contributed by atoms with van der Waals surface area (Å²) >= 11 is 12.1. The Labute approximate surface area is 121 Å². The van der Waals surface area contributed by atoms with Gasteiger partial charge in [-0.25, -0.2) is 4.98 Å². The molecule has 0 atom stereocenters. The quantitative estimate of drug-likeness (QED) is 0.841. The molecule has 0 spiro atoms. The maximum absolute atomic E-state index is 12.2. The molecule has 5 heteroatoms. The van der Waals surface area contributed by atoms with Crippen molar-refractivity contribution in [1.29, 1.82) is 0 Å². The molecule has 2 rings (SSSR count). The Morgan fingerprint density at radius 3 is 2.58 bits per heavy atom. The fourth-order valence-corrected chi connectivity index (χ4v) is 2.14. The second kappa shape index (κ2) is 5.59. The Bertz CT molecular complexity index is 621. The third-order valence-electron chi connectivity index (χ3n) is 2.79. The van der Waals surface area contributed by atoms with Gasteiger partial charge in [-0.15, -0.1) is 0 Å². The van der Waals surface area contributed by atoms with Gasteiger partial charge in [0.05, 0.1) is 16.3 Å². The summed E-state index contributed by atoms with van der Waals surface area (Å²) in [6, 6.07) is 7.08. The molecule has 1 heterocycles. The monoisotopic (exact) mass is 294 g/mol. The minimum atomic E-state index is -0.299. The molecule has 0 radical (unpaired) electrons. The van der Waals surface area contributed by atoms with Crippen LogP contribution in [0.5, 0.6) is 0 Å². The fourth-order valence-electron chi connectivity index (χ4n) is 1.68. The number of halogens is 2. The molecular formula is C14H12Cl2N2O. The number of hydrogen-bond donors (Lipinski definition) is 1. The minimum Gasteiger partial charge on any atom is -0.319 e. The normalized spacial score (nSPS) is 10.3. The van der Waals surface area contributed by atoms with E-state index in [4.69, 9.17) is 23.2 Å². The molecule has 1 N–H and O–H groups in total. The molecule has 1 aromatic heterocycles. The van der Waals surface area contributed by atoms with E-state index in [0.717, 1.165) is 11.1 Å². The summed E-state index contributed by atoms with van der Waals surface area (Å²) in [4.78, 5) is 16.2. The largest absolute Gasteiger partial charge is 0.319 e. The number of carbonyl (C=O) groups excluding carboxylic acids is 1. The molecule has 0 unspecified atom stereocenters. The van der Waals surface area contributed by atoms with Crippen LogP contribution < -0.4 is 5.32 Å². The first kappa shape index (κ1) is 13.8. The van der Waals surface area contributed by atoms with Crippen molar-refractivity contribution in [1.82, 2.24) is 4.98 Å². The molecule has 0 saturated heterocycles. The highest BCUT2D eigenvalue weighted by molar-refractivity contribution is 6.36. The standard InChI is InChI=1S/C14H12Cl2N2O/c1-8-4-3-5-10(11(8)15)14(19)18-12-9(2)6-7-17-13(12)16/h3-7H,1-2H3,(H,18,19). The molecule has 1 aromatic carbocycles. The van der Waals surface area contributed by atoms with E-state index < -0.39 is 0 Å². The number of amides is 1. The summed E-state index contributed by atoms with van der Waals surface area (Å²) in [5, 5.41) is 3.45. The molecule has 0 bridgehead atoms. The number of aryl methyl sites for hydroxylation is 2. The summed E-state index contributed by atoms with van der Waals surface area (Å²) in [7, 11) is 0. The smallest absolute Gasteiger partial charge is 0.257 e. The molecule has 0 aliphatic carbocycles. The number of anilines is 1. The predicted molar refractivity (Wildman–Crippen MR) is 78.1 cm³/mol. The summed E-state index contributed by atoms with van der Waals surface area (Å²) < 4.78 is 0. The van der Waals surface area contributed by atoms with Gasteiger partial charge in [0.2, 0.25) is 0 Å². The highest BCUT2D eigenvalue weighted by atomic mass is 35.5. The van der Waals surface area contributed by atoms with Crippen LogP contribution in [0.4, 0.5) is 5.69 Å². The third-order valence-corrected chi connectivity index (χ3v) is 3.58. The number of hydrogen-bond acceptors (Lipinski definition) is 2. The number of nitrogens with zero attached hydrogens (tertiary/aromatic N) is 1. The van der Waals surface area contributed by atoms with Gasteiger partial charge in [0.15, 0.2) is 5.15 Å². The Balaban J connectivity index is 2.34. The Hall–Kier alpha value is -1.58. The average Bonchev–Trinajstić information content (AvgIpc) is 2.37. The minimum absolute atomic E-state index is 0.261. The maximum atomic E-state index is 12.2. The van der Waals surface area contributed by atoms with Crippen LogP contribution in [0.15, 0.2) is 30.5 Å². The molecule has 98 valence electrons. The van der Waals surface area contributed by atoms with E-state index in [2.05, 4.69) is 10.3 Å². The van der Waals surface area contributed by atoms with Crippen LogP contribution >= 0.6 is 23.2 Å². The molecule has 0 aliphatic heterocycles. The molecule has 0 fully saturated rings. The molecule has 2 aromatic rings. The maximum Gasteiger partial charge on any atom is 0.257 e. The van der Waals surface area contributed by atoms with E-state index >= 15 is 0 Å². The summed E-state index contributed by atoms with van der Waals surface area (Å²) in [6.45, 7) is 3.70. The van der Waals surface area contributed by atoms with Gasteiger partial charge in [-0.05, 0) is 37.1 Å². The van der Waals surface area contributed by atoms with Crippen molar-refractivity contribution in [3.63, 3.8) is 0 Å². The van der Waals surface area contributed by atoms with Gasteiger partial charge in [-0.1, -0.05) is 35.3 Å². The van der Waals surface area contributed by atoms with E-state index in [9.17, 15) is 4.79 Å².